The summed E-state index contributed by atoms with van der Waals surface area (Å²) in [6.07, 6.45) is 2.81. The Balaban J connectivity index is 3.29. The molecule has 2 N–H and O–H groups in total. The molecule has 0 aliphatic carbocycles. The van der Waals surface area contributed by atoms with Crippen molar-refractivity contribution in [1.82, 2.24) is 4.90 Å². The van der Waals surface area contributed by atoms with Crippen molar-refractivity contribution in [1.29, 1.82) is 0 Å². The fourth-order valence-corrected chi connectivity index (χ4v) is 0.799. The van der Waals surface area contributed by atoms with E-state index in [1.54, 1.807) is 4.90 Å². The number of amides is 1. The number of hydrogen-bond acceptors (Lipinski definition) is 2. The van der Waals surface area contributed by atoms with Crippen LogP contribution in [0.5, 0.6) is 0 Å². The lowest BCUT2D eigenvalue weighted by atomic mass is 10.3. The van der Waals surface area contributed by atoms with Crippen LogP contribution in [0.25, 0.3) is 0 Å². The largest absolute Gasteiger partial charge is 0.345 e. The first-order valence-corrected chi connectivity index (χ1v) is 3.74. The Morgan fingerprint density at radius 1 is 1.50 bits per heavy atom. The van der Waals surface area contributed by atoms with Gasteiger partial charge in [-0.2, -0.15) is 0 Å². The molecule has 0 atom stereocenters. The van der Waals surface area contributed by atoms with Gasteiger partial charge in [-0.3, -0.25) is 4.79 Å². The molecule has 0 aliphatic heterocycles. The zero-order chi connectivity index (χ0) is 7.82. The van der Waals surface area contributed by atoms with Crippen LogP contribution in [0.1, 0.15) is 19.8 Å². The van der Waals surface area contributed by atoms with Gasteiger partial charge in [0.2, 0.25) is 6.41 Å². The number of nitrogens with two attached hydrogens (primary N) is 1. The molecule has 3 heteroatoms. The van der Waals surface area contributed by atoms with Gasteiger partial charge in [0.1, 0.15) is 0 Å². The third-order valence-corrected chi connectivity index (χ3v) is 1.31. The van der Waals surface area contributed by atoms with E-state index in [4.69, 9.17) is 5.73 Å². The predicted molar refractivity (Wildman–Crippen MR) is 41.6 cm³/mol. The maximum absolute atomic E-state index is 10.3. The second-order valence-electron chi connectivity index (χ2n) is 2.28. The van der Waals surface area contributed by atoms with Gasteiger partial charge < -0.3 is 10.6 Å². The maximum Gasteiger partial charge on any atom is 0.209 e. The smallest absolute Gasteiger partial charge is 0.209 e. The summed E-state index contributed by atoms with van der Waals surface area (Å²) in [6, 6.07) is 0. The Bertz CT molecular complexity index is 85.7. The van der Waals surface area contributed by atoms with Crippen LogP contribution in [0.4, 0.5) is 0 Å². The van der Waals surface area contributed by atoms with Crippen molar-refractivity contribution < 1.29 is 4.79 Å². The molecule has 0 rings (SSSR count). The van der Waals surface area contributed by atoms with Gasteiger partial charge in [0, 0.05) is 13.1 Å². The van der Waals surface area contributed by atoms with Crippen LogP contribution in [0.2, 0.25) is 0 Å². The molecule has 10 heavy (non-hydrogen) atoms. The molecule has 0 aromatic rings. The van der Waals surface area contributed by atoms with Gasteiger partial charge in [0.25, 0.3) is 0 Å². The van der Waals surface area contributed by atoms with Gasteiger partial charge in [-0.15, -0.1) is 0 Å². The number of rotatable bonds is 6. The summed E-state index contributed by atoms with van der Waals surface area (Å²) in [5.41, 5.74) is 5.29. The first-order valence-electron chi connectivity index (χ1n) is 3.74. The van der Waals surface area contributed by atoms with Crippen molar-refractivity contribution >= 4 is 6.41 Å². The second-order valence-corrected chi connectivity index (χ2v) is 2.28. The number of carbonyl (C=O) groups is 1. The zero-order valence-electron chi connectivity index (χ0n) is 6.55. The van der Waals surface area contributed by atoms with E-state index in [0.29, 0.717) is 6.54 Å². The molecule has 0 saturated heterocycles. The van der Waals surface area contributed by atoms with Crippen LogP contribution in [0, 0.1) is 0 Å². The van der Waals surface area contributed by atoms with E-state index in [1.807, 2.05) is 0 Å². The first kappa shape index (κ1) is 9.43. The summed E-state index contributed by atoms with van der Waals surface area (Å²) >= 11 is 0. The van der Waals surface area contributed by atoms with E-state index in [1.165, 1.54) is 0 Å². The molecule has 0 bridgehead atoms. The fourth-order valence-electron chi connectivity index (χ4n) is 0.799. The standard InChI is InChI=1S/C7H16N2O/c1-2-5-9(7-10)6-3-4-8/h7H,2-6,8H2,1H3. The zero-order valence-corrected chi connectivity index (χ0v) is 6.55. The molecule has 0 saturated carbocycles. The van der Waals surface area contributed by atoms with Crippen molar-refractivity contribution in [3.8, 4) is 0 Å². The fraction of sp³-hybridized carbons (Fsp3) is 0.857. The van der Waals surface area contributed by atoms with Crippen molar-refractivity contribution in [3.05, 3.63) is 0 Å². The van der Waals surface area contributed by atoms with Crippen LogP contribution in [0.15, 0.2) is 0 Å². The van der Waals surface area contributed by atoms with Gasteiger partial charge >= 0.3 is 0 Å². The molecule has 0 fully saturated rings. The Morgan fingerprint density at radius 3 is 2.60 bits per heavy atom. The Morgan fingerprint density at radius 2 is 2.20 bits per heavy atom. The lowest BCUT2D eigenvalue weighted by molar-refractivity contribution is -0.118. The molecular formula is C7H16N2O. The van der Waals surface area contributed by atoms with Gasteiger partial charge in [-0.1, -0.05) is 6.92 Å². The average Bonchev–Trinajstić information content (AvgIpc) is 1.98. The number of nitrogens with zero attached hydrogens (tertiary/aromatic N) is 1. The normalized spacial score (nSPS) is 9.40. The SMILES string of the molecule is CCCN(C=O)CCCN. The first-order chi connectivity index (χ1) is 4.85. The van der Waals surface area contributed by atoms with Crippen molar-refractivity contribution in [2.75, 3.05) is 19.6 Å². The van der Waals surface area contributed by atoms with Crippen molar-refractivity contribution in [2.24, 2.45) is 5.73 Å². The topological polar surface area (TPSA) is 46.3 Å². The van der Waals surface area contributed by atoms with E-state index in [2.05, 4.69) is 6.92 Å². The van der Waals surface area contributed by atoms with Crippen molar-refractivity contribution in [2.45, 2.75) is 19.8 Å². The summed E-state index contributed by atoms with van der Waals surface area (Å²) in [7, 11) is 0. The van der Waals surface area contributed by atoms with Gasteiger partial charge in [-0.05, 0) is 19.4 Å². The molecule has 0 radical (unpaired) electrons. The summed E-state index contributed by atoms with van der Waals surface area (Å²) < 4.78 is 0. The van der Waals surface area contributed by atoms with E-state index in [-0.39, 0.29) is 0 Å². The van der Waals surface area contributed by atoms with Crippen LogP contribution in [-0.2, 0) is 4.79 Å². The molecule has 0 heterocycles. The third kappa shape index (κ3) is 4.32. The summed E-state index contributed by atoms with van der Waals surface area (Å²) in [5.74, 6) is 0. The second kappa shape index (κ2) is 6.55. The number of hydrogen-bond donors (Lipinski definition) is 1. The summed E-state index contributed by atoms with van der Waals surface area (Å²) in [6.45, 7) is 4.37. The molecule has 1 amide bonds. The lowest BCUT2D eigenvalue weighted by Gasteiger charge is -2.14. The Labute approximate surface area is 62.2 Å². The quantitative estimate of drug-likeness (QED) is 0.541. The van der Waals surface area contributed by atoms with Gasteiger partial charge in [0.05, 0.1) is 0 Å². The molecule has 60 valence electrons. The van der Waals surface area contributed by atoms with E-state index < -0.39 is 0 Å². The molecule has 0 aliphatic rings. The van der Waals surface area contributed by atoms with Crippen LogP contribution >= 0.6 is 0 Å². The summed E-state index contributed by atoms with van der Waals surface area (Å²) in [5, 5.41) is 0. The Kier molecular flexibility index (Phi) is 6.18. The molecule has 0 unspecified atom stereocenters. The minimum Gasteiger partial charge on any atom is -0.345 e. The van der Waals surface area contributed by atoms with E-state index >= 15 is 0 Å². The molecule has 3 nitrogen and oxygen atoms in total. The van der Waals surface area contributed by atoms with Gasteiger partial charge in [-0.25, -0.2) is 0 Å². The highest BCUT2D eigenvalue weighted by Crippen LogP contribution is 1.88. The summed E-state index contributed by atoms with van der Waals surface area (Å²) in [4.78, 5) is 12.0. The maximum atomic E-state index is 10.3. The molecule has 0 aromatic carbocycles. The minimum atomic E-state index is 0.661. The number of carbonyl (C=O) groups excluding carboxylic acids is 1. The highest BCUT2D eigenvalue weighted by atomic mass is 16.1. The highest BCUT2D eigenvalue weighted by Gasteiger charge is 1.96. The minimum absolute atomic E-state index is 0.661. The average molecular weight is 144 g/mol. The third-order valence-electron chi connectivity index (χ3n) is 1.31. The molecule has 0 spiro atoms. The van der Waals surface area contributed by atoms with Crippen molar-refractivity contribution in [3.63, 3.8) is 0 Å². The van der Waals surface area contributed by atoms with Crippen LogP contribution in [0.3, 0.4) is 0 Å². The Hall–Kier alpha value is -0.570. The van der Waals surface area contributed by atoms with E-state index in [0.717, 1.165) is 32.3 Å². The van der Waals surface area contributed by atoms with Crippen LogP contribution < -0.4 is 5.73 Å². The van der Waals surface area contributed by atoms with Crippen LogP contribution in [-0.4, -0.2) is 30.9 Å². The highest BCUT2D eigenvalue weighted by molar-refractivity contribution is 5.46. The van der Waals surface area contributed by atoms with Gasteiger partial charge in [0.15, 0.2) is 0 Å². The molecule has 0 aromatic heterocycles. The predicted octanol–water partition coefficient (Wildman–Crippen LogP) is 0.204. The molecular weight excluding hydrogens is 128 g/mol. The lowest BCUT2D eigenvalue weighted by Crippen LogP contribution is -2.25. The monoisotopic (exact) mass is 144 g/mol. The van der Waals surface area contributed by atoms with E-state index in [9.17, 15) is 4.79 Å².